The first-order chi connectivity index (χ1) is 21.9. The van der Waals surface area contributed by atoms with Gasteiger partial charge in [0, 0.05) is 53.4 Å². The van der Waals surface area contributed by atoms with Gasteiger partial charge in [-0.2, -0.15) is 9.97 Å². The quantitative estimate of drug-likeness (QED) is 0.205. The van der Waals surface area contributed by atoms with Crippen molar-refractivity contribution in [2.45, 2.75) is 37.3 Å². The summed E-state index contributed by atoms with van der Waals surface area (Å²) < 4.78 is 22.4. The van der Waals surface area contributed by atoms with E-state index in [0.717, 1.165) is 44.2 Å². The van der Waals surface area contributed by atoms with E-state index in [4.69, 9.17) is 37.9 Å². The first kappa shape index (κ1) is 29.3. The van der Waals surface area contributed by atoms with Crippen molar-refractivity contribution in [3.8, 4) is 17.3 Å². The van der Waals surface area contributed by atoms with Gasteiger partial charge >= 0.3 is 6.01 Å². The molecule has 0 radical (unpaired) electrons. The summed E-state index contributed by atoms with van der Waals surface area (Å²) in [6.07, 6.45) is 8.90. The number of nitrogens with zero attached hydrogens (tertiary/aromatic N) is 8. The molecule has 0 saturated carbocycles. The zero-order valence-corrected chi connectivity index (χ0v) is 25.5. The number of fused-ring (bicyclic) bond motifs is 3. The molecule has 0 aliphatic carbocycles. The van der Waals surface area contributed by atoms with E-state index in [0.29, 0.717) is 53.4 Å². The highest BCUT2D eigenvalue weighted by Gasteiger charge is 2.45. The maximum atomic E-state index is 16.1. The van der Waals surface area contributed by atoms with Crippen LogP contribution in [-0.2, 0) is 4.79 Å². The van der Waals surface area contributed by atoms with Gasteiger partial charge in [0.1, 0.15) is 30.0 Å². The van der Waals surface area contributed by atoms with Gasteiger partial charge in [-0.15, -0.1) is 0 Å². The van der Waals surface area contributed by atoms with Crippen LogP contribution in [0, 0.1) is 12.4 Å². The van der Waals surface area contributed by atoms with Gasteiger partial charge in [-0.05, 0) is 57.0 Å². The maximum Gasteiger partial charge on any atom is 0.320 e. The summed E-state index contributed by atoms with van der Waals surface area (Å²) in [4.78, 5) is 40.8. The summed E-state index contributed by atoms with van der Waals surface area (Å²) in [5, 5.41) is 2.29. The first-order valence-corrected chi connectivity index (χ1v) is 15.6. The molecule has 45 heavy (non-hydrogen) atoms. The molecule has 0 unspecified atom stereocenters. The molecule has 10 nitrogen and oxygen atoms in total. The van der Waals surface area contributed by atoms with Crippen LogP contribution in [0.15, 0.2) is 49.3 Å². The Labute approximate surface area is 265 Å². The summed E-state index contributed by atoms with van der Waals surface area (Å²) in [5.74, 6) is -0.341. The Morgan fingerprint density at radius 3 is 2.78 bits per heavy atom. The second-order valence-corrected chi connectivity index (χ2v) is 12.3. The van der Waals surface area contributed by atoms with Crippen molar-refractivity contribution < 1.29 is 13.9 Å². The lowest BCUT2D eigenvalue weighted by atomic mass is 9.95. The van der Waals surface area contributed by atoms with Gasteiger partial charge in [0.2, 0.25) is 12.5 Å². The fraction of sp³-hybridized carbons (Fsp3) is 0.394. The van der Waals surface area contributed by atoms with Crippen molar-refractivity contribution in [2.24, 2.45) is 0 Å². The van der Waals surface area contributed by atoms with Crippen molar-refractivity contribution >= 4 is 45.1 Å². The summed E-state index contributed by atoms with van der Waals surface area (Å²) in [6.45, 7) is 14.9. The second-order valence-electron chi connectivity index (χ2n) is 11.9. The molecule has 4 aromatic rings. The Kier molecular flexibility index (Phi) is 7.71. The predicted octanol–water partition coefficient (Wildman–Crippen LogP) is 5.16. The Morgan fingerprint density at radius 2 is 2.00 bits per heavy atom. The molecular weight excluding hydrogens is 595 g/mol. The molecule has 7 rings (SSSR count). The number of benzene rings is 1. The van der Waals surface area contributed by atoms with Crippen LogP contribution in [-0.4, -0.2) is 93.1 Å². The second kappa shape index (κ2) is 11.8. The molecule has 0 N–H and O–H groups in total. The molecular formula is C33H32ClFN8O2. The fourth-order valence-corrected chi connectivity index (χ4v) is 7.52. The number of amides is 1. The van der Waals surface area contributed by atoms with E-state index in [2.05, 4.69) is 21.3 Å². The van der Waals surface area contributed by atoms with E-state index in [9.17, 15) is 4.79 Å². The van der Waals surface area contributed by atoms with Crippen LogP contribution in [0.1, 0.15) is 25.7 Å². The Balaban J connectivity index is 1.33. The third-order valence-corrected chi connectivity index (χ3v) is 9.73. The van der Waals surface area contributed by atoms with E-state index < -0.39 is 5.82 Å². The number of anilines is 1. The summed E-state index contributed by atoms with van der Waals surface area (Å²) in [5.41, 5.74) is 0.782. The normalized spacial score (nSPS) is 19.5. The third-order valence-electron chi connectivity index (χ3n) is 9.41. The summed E-state index contributed by atoms with van der Waals surface area (Å²) in [7, 11) is 0. The SMILES string of the molecule is [C-]#[N+]C[C@H]1CN(c2nc(OCC34CCCN3CCC4)nc3nc(-c4cncc5cccc(Cl)c45)c(F)cc23)CCN1C(=O)C=C. The highest BCUT2D eigenvalue weighted by Crippen LogP contribution is 2.40. The molecule has 3 aliphatic rings. The van der Waals surface area contributed by atoms with E-state index in [1.165, 1.54) is 12.1 Å². The van der Waals surface area contributed by atoms with Crippen molar-refractivity contribution in [2.75, 3.05) is 50.8 Å². The van der Waals surface area contributed by atoms with Crippen LogP contribution in [0.25, 0.3) is 37.9 Å². The number of hydrogen-bond acceptors (Lipinski definition) is 8. The molecule has 1 aromatic carbocycles. The van der Waals surface area contributed by atoms with Crippen LogP contribution in [0.2, 0.25) is 5.02 Å². The van der Waals surface area contributed by atoms with Crippen LogP contribution >= 0.6 is 11.6 Å². The monoisotopic (exact) mass is 626 g/mol. The molecule has 3 aliphatic heterocycles. The number of carbonyl (C=O) groups is 1. The van der Waals surface area contributed by atoms with Crippen molar-refractivity contribution in [3.05, 3.63) is 71.6 Å². The van der Waals surface area contributed by atoms with Crippen LogP contribution in [0.5, 0.6) is 6.01 Å². The smallest absolute Gasteiger partial charge is 0.320 e. The van der Waals surface area contributed by atoms with E-state index >= 15 is 4.39 Å². The van der Waals surface area contributed by atoms with Gasteiger partial charge in [-0.3, -0.25) is 14.7 Å². The highest BCUT2D eigenvalue weighted by atomic mass is 35.5. The lowest BCUT2D eigenvalue weighted by Gasteiger charge is -2.39. The predicted molar refractivity (Wildman–Crippen MR) is 171 cm³/mol. The Morgan fingerprint density at radius 1 is 1.18 bits per heavy atom. The molecule has 230 valence electrons. The molecule has 0 bridgehead atoms. The van der Waals surface area contributed by atoms with Crippen molar-refractivity contribution in [3.63, 3.8) is 0 Å². The van der Waals surface area contributed by atoms with Gasteiger partial charge in [0.05, 0.1) is 10.9 Å². The van der Waals surface area contributed by atoms with Crippen LogP contribution in [0.3, 0.4) is 0 Å². The largest absolute Gasteiger partial charge is 0.461 e. The highest BCUT2D eigenvalue weighted by molar-refractivity contribution is 6.36. The first-order valence-electron chi connectivity index (χ1n) is 15.2. The number of hydrogen-bond donors (Lipinski definition) is 0. The molecule has 3 saturated heterocycles. The number of piperazine rings is 1. The minimum atomic E-state index is -0.570. The van der Waals surface area contributed by atoms with Crippen LogP contribution in [0.4, 0.5) is 10.2 Å². The van der Waals surface area contributed by atoms with Gasteiger partial charge in [0.25, 0.3) is 0 Å². The molecule has 6 heterocycles. The van der Waals surface area contributed by atoms with E-state index in [1.54, 1.807) is 23.4 Å². The number of aromatic nitrogens is 4. The lowest BCUT2D eigenvalue weighted by molar-refractivity contribution is -0.128. The van der Waals surface area contributed by atoms with Crippen LogP contribution < -0.4 is 9.64 Å². The number of carbonyl (C=O) groups excluding carboxylic acids is 1. The van der Waals surface area contributed by atoms with Gasteiger partial charge in [-0.25, -0.2) is 15.9 Å². The zero-order valence-electron chi connectivity index (χ0n) is 24.8. The molecule has 0 spiro atoms. The van der Waals surface area contributed by atoms with Gasteiger partial charge < -0.3 is 19.4 Å². The fourth-order valence-electron chi connectivity index (χ4n) is 7.24. The Bertz CT molecular complexity index is 1850. The summed E-state index contributed by atoms with van der Waals surface area (Å²) >= 11 is 6.58. The minimum Gasteiger partial charge on any atom is -0.461 e. The number of ether oxygens (including phenoxy) is 1. The Hall–Kier alpha value is -4.40. The molecule has 3 aromatic heterocycles. The topological polar surface area (TPSA) is 91.9 Å². The molecule has 12 heteroatoms. The van der Waals surface area contributed by atoms with E-state index in [-0.39, 0.29) is 41.4 Å². The number of pyridine rings is 2. The standard InChI is InChI=1S/C33H32ClFN8O2/c1-3-27(44)43-14-13-41(19-22(43)17-36-2)31-23-15-26(35)29(24-18-37-16-21-7-4-8-25(34)28(21)24)38-30(23)39-32(40-31)45-20-33-9-5-11-42(33)12-6-10-33/h3-4,7-8,15-16,18,22H,1,5-6,9-14,17,19-20H2/t22-/m0/s1. The van der Waals surface area contributed by atoms with Crippen molar-refractivity contribution in [1.29, 1.82) is 0 Å². The third kappa shape index (κ3) is 5.22. The zero-order chi connectivity index (χ0) is 31.1. The minimum absolute atomic E-state index is 0.0252. The number of halogens is 2. The van der Waals surface area contributed by atoms with E-state index in [1.807, 2.05) is 17.0 Å². The lowest BCUT2D eigenvalue weighted by Crippen LogP contribution is -2.56. The summed E-state index contributed by atoms with van der Waals surface area (Å²) in [6, 6.07) is 6.61. The number of rotatable bonds is 7. The molecule has 1 amide bonds. The van der Waals surface area contributed by atoms with Gasteiger partial charge in [0.15, 0.2) is 5.65 Å². The maximum absolute atomic E-state index is 16.1. The van der Waals surface area contributed by atoms with Crippen molar-refractivity contribution in [1.82, 2.24) is 29.7 Å². The van der Waals surface area contributed by atoms with Gasteiger partial charge in [-0.1, -0.05) is 30.3 Å². The average Bonchev–Trinajstić information content (AvgIpc) is 3.64. The molecule has 1 atom stereocenters. The molecule has 3 fully saturated rings. The average molecular weight is 627 g/mol.